The zero-order valence-electron chi connectivity index (χ0n) is 8.27. The highest BCUT2D eigenvalue weighted by atomic mass is 16.5. The Morgan fingerprint density at radius 3 is 1.79 bits per heavy atom. The molecule has 5 nitrogen and oxygen atoms in total. The molecule has 0 amide bonds. The summed E-state index contributed by atoms with van der Waals surface area (Å²) in [5.41, 5.74) is 0.347. The second-order valence-electron chi connectivity index (χ2n) is 2.48. The van der Waals surface area contributed by atoms with Crippen molar-refractivity contribution in [3.05, 3.63) is 17.1 Å². The minimum atomic E-state index is 0.347. The molecule has 0 bridgehead atoms. The van der Waals surface area contributed by atoms with Crippen LogP contribution in [0.4, 0.5) is 5.69 Å². The average Bonchev–Trinajstić information content (AvgIpc) is 2.26. The fraction of sp³-hybridized carbons (Fsp3) is 0.333. The first-order valence-corrected chi connectivity index (χ1v) is 3.92. The van der Waals surface area contributed by atoms with E-state index >= 15 is 0 Å². The monoisotopic (exact) mass is 195 g/mol. The summed E-state index contributed by atoms with van der Waals surface area (Å²) in [5.74, 6) is 1.39. The van der Waals surface area contributed by atoms with Gasteiger partial charge in [0.1, 0.15) is 0 Å². The summed E-state index contributed by atoms with van der Waals surface area (Å²) in [6.07, 6.45) is 0. The second-order valence-corrected chi connectivity index (χ2v) is 2.48. The first-order valence-electron chi connectivity index (χ1n) is 3.92. The minimum Gasteiger partial charge on any atom is -0.492 e. The molecule has 0 atom stereocenters. The molecular formula is C9H11N2O3+. The van der Waals surface area contributed by atoms with E-state index in [1.54, 1.807) is 12.1 Å². The van der Waals surface area contributed by atoms with Gasteiger partial charge in [0.25, 0.3) is 0 Å². The minimum absolute atomic E-state index is 0.347. The molecule has 1 aromatic rings. The van der Waals surface area contributed by atoms with Gasteiger partial charge in [0, 0.05) is 0 Å². The molecule has 0 saturated heterocycles. The summed E-state index contributed by atoms with van der Waals surface area (Å²) in [4.78, 5) is 3.05. The van der Waals surface area contributed by atoms with E-state index in [4.69, 9.17) is 19.6 Å². The van der Waals surface area contributed by atoms with Crippen molar-refractivity contribution in [1.29, 1.82) is 5.39 Å². The zero-order valence-corrected chi connectivity index (χ0v) is 8.27. The first kappa shape index (κ1) is 10.1. The Labute approximate surface area is 81.8 Å². The molecule has 74 valence electrons. The van der Waals surface area contributed by atoms with E-state index in [0.717, 1.165) is 0 Å². The van der Waals surface area contributed by atoms with Gasteiger partial charge in [-0.05, 0) is 0 Å². The fourth-order valence-electron chi connectivity index (χ4n) is 1.12. The third-order valence-corrected chi connectivity index (χ3v) is 1.76. The Morgan fingerprint density at radius 2 is 1.50 bits per heavy atom. The van der Waals surface area contributed by atoms with Crippen molar-refractivity contribution < 1.29 is 14.2 Å². The molecule has 0 aliphatic heterocycles. The lowest BCUT2D eigenvalue weighted by Crippen LogP contribution is -1.94. The van der Waals surface area contributed by atoms with Gasteiger partial charge in [0.05, 0.1) is 33.5 Å². The van der Waals surface area contributed by atoms with E-state index < -0.39 is 0 Å². The van der Waals surface area contributed by atoms with Crippen molar-refractivity contribution >= 4 is 5.69 Å². The van der Waals surface area contributed by atoms with Crippen LogP contribution in [0, 0.1) is 5.39 Å². The third kappa shape index (κ3) is 1.69. The largest absolute Gasteiger partial charge is 0.492 e. The van der Waals surface area contributed by atoms with Gasteiger partial charge in [-0.15, -0.1) is 0 Å². The van der Waals surface area contributed by atoms with Crippen LogP contribution in [0.2, 0.25) is 0 Å². The number of ether oxygens (including phenoxy) is 3. The maximum absolute atomic E-state index is 8.61. The highest BCUT2D eigenvalue weighted by Crippen LogP contribution is 2.40. The SMILES string of the molecule is COc1cc([N+]#N)cc(OC)c1OC. The van der Waals surface area contributed by atoms with E-state index in [2.05, 4.69) is 4.98 Å². The standard InChI is InChI=1S/C9H11N2O3/c1-12-7-4-6(11-10)5-8(13-2)9(7)14-3/h4-5H,1-3H3/q+1. The highest BCUT2D eigenvalue weighted by molar-refractivity contribution is 5.62. The highest BCUT2D eigenvalue weighted by Gasteiger charge is 2.18. The van der Waals surface area contributed by atoms with Gasteiger partial charge in [-0.1, -0.05) is 0 Å². The van der Waals surface area contributed by atoms with Crippen LogP contribution in [0.25, 0.3) is 4.98 Å². The van der Waals surface area contributed by atoms with Crippen LogP contribution >= 0.6 is 0 Å². The molecule has 14 heavy (non-hydrogen) atoms. The number of nitrogens with zero attached hydrogens (tertiary/aromatic N) is 2. The quantitative estimate of drug-likeness (QED) is 0.694. The second kappa shape index (κ2) is 4.33. The molecule has 0 radical (unpaired) electrons. The summed E-state index contributed by atoms with van der Waals surface area (Å²) in [6.45, 7) is 0. The molecule has 0 N–H and O–H groups in total. The Hall–Kier alpha value is -1.96. The van der Waals surface area contributed by atoms with Crippen LogP contribution in [0.5, 0.6) is 17.2 Å². The van der Waals surface area contributed by atoms with Crippen molar-refractivity contribution in [2.24, 2.45) is 0 Å². The summed E-state index contributed by atoms with van der Waals surface area (Å²) >= 11 is 0. The van der Waals surface area contributed by atoms with Crippen molar-refractivity contribution in [2.45, 2.75) is 0 Å². The van der Waals surface area contributed by atoms with Crippen LogP contribution in [-0.4, -0.2) is 21.3 Å². The molecule has 0 unspecified atom stereocenters. The Morgan fingerprint density at radius 1 is 1.00 bits per heavy atom. The predicted molar refractivity (Wildman–Crippen MR) is 50.8 cm³/mol. The van der Waals surface area contributed by atoms with Gasteiger partial charge in [0.15, 0.2) is 16.5 Å². The molecule has 0 fully saturated rings. The number of benzene rings is 1. The summed E-state index contributed by atoms with van der Waals surface area (Å²) < 4.78 is 15.2. The number of rotatable bonds is 3. The van der Waals surface area contributed by atoms with Crippen molar-refractivity contribution in [3.63, 3.8) is 0 Å². The molecule has 0 heterocycles. The van der Waals surface area contributed by atoms with Crippen molar-refractivity contribution in [3.8, 4) is 17.2 Å². The van der Waals surface area contributed by atoms with Crippen molar-refractivity contribution in [1.82, 2.24) is 0 Å². The summed E-state index contributed by atoms with van der Waals surface area (Å²) in [5, 5.41) is 8.61. The van der Waals surface area contributed by atoms with Crippen LogP contribution < -0.4 is 14.2 Å². The van der Waals surface area contributed by atoms with E-state index in [9.17, 15) is 0 Å². The van der Waals surface area contributed by atoms with Crippen LogP contribution in [0.1, 0.15) is 0 Å². The fourth-order valence-corrected chi connectivity index (χ4v) is 1.12. The molecule has 5 heteroatoms. The average molecular weight is 195 g/mol. The molecule has 0 aromatic heterocycles. The van der Waals surface area contributed by atoms with Gasteiger partial charge in [-0.25, -0.2) is 0 Å². The lowest BCUT2D eigenvalue weighted by Gasteiger charge is -2.09. The molecule has 0 spiro atoms. The molecule has 1 rings (SSSR count). The lowest BCUT2D eigenvalue weighted by molar-refractivity contribution is 0.325. The maximum atomic E-state index is 8.61. The van der Waals surface area contributed by atoms with E-state index in [-0.39, 0.29) is 0 Å². The summed E-state index contributed by atoms with van der Waals surface area (Å²) in [6, 6.07) is 3.09. The van der Waals surface area contributed by atoms with Crippen LogP contribution in [0.15, 0.2) is 12.1 Å². The van der Waals surface area contributed by atoms with Gasteiger partial charge in [-0.3, -0.25) is 0 Å². The van der Waals surface area contributed by atoms with E-state index in [1.807, 2.05) is 0 Å². The molecule has 0 aliphatic carbocycles. The van der Waals surface area contributed by atoms with E-state index in [1.165, 1.54) is 21.3 Å². The topological polar surface area (TPSA) is 55.8 Å². The van der Waals surface area contributed by atoms with Crippen LogP contribution in [0.3, 0.4) is 0 Å². The smallest absolute Gasteiger partial charge is 0.392 e. The summed E-state index contributed by atoms with van der Waals surface area (Å²) in [7, 11) is 4.51. The Balaban J connectivity index is 3.33. The Kier molecular flexibility index (Phi) is 3.13. The normalized spacial score (nSPS) is 9.00. The molecular weight excluding hydrogens is 184 g/mol. The number of hydrogen-bond donors (Lipinski definition) is 0. The molecule has 1 aromatic carbocycles. The number of diazo groups is 1. The van der Waals surface area contributed by atoms with Gasteiger partial charge in [0.2, 0.25) is 11.1 Å². The Bertz CT molecular complexity index is 346. The van der Waals surface area contributed by atoms with Gasteiger partial charge >= 0.3 is 5.69 Å². The maximum Gasteiger partial charge on any atom is 0.392 e. The molecule has 0 saturated carbocycles. The van der Waals surface area contributed by atoms with Crippen LogP contribution in [-0.2, 0) is 0 Å². The van der Waals surface area contributed by atoms with E-state index in [0.29, 0.717) is 22.9 Å². The number of hydrogen-bond acceptors (Lipinski definition) is 4. The van der Waals surface area contributed by atoms with Crippen molar-refractivity contribution in [2.75, 3.05) is 21.3 Å². The number of methoxy groups -OCH3 is 3. The third-order valence-electron chi connectivity index (χ3n) is 1.76. The lowest BCUT2D eigenvalue weighted by atomic mass is 10.2. The van der Waals surface area contributed by atoms with Gasteiger partial charge in [-0.2, -0.15) is 0 Å². The predicted octanol–water partition coefficient (Wildman–Crippen LogP) is 2.20. The zero-order chi connectivity index (χ0) is 10.6. The molecule has 0 aliphatic rings. The van der Waals surface area contributed by atoms with Gasteiger partial charge < -0.3 is 14.2 Å². The first-order chi connectivity index (χ1) is 6.76.